The maximum Gasteiger partial charge on any atom is 0.416 e. The number of anilines is 1. The zero-order valence-electron chi connectivity index (χ0n) is 14.7. The number of alkyl halides is 3. The van der Waals surface area contributed by atoms with Crippen LogP contribution in [0.3, 0.4) is 0 Å². The summed E-state index contributed by atoms with van der Waals surface area (Å²) in [6.45, 7) is 0. The Bertz CT molecular complexity index is 1040. The Hall–Kier alpha value is -3.32. The summed E-state index contributed by atoms with van der Waals surface area (Å²) in [6.07, 6.45) is -4.47. The number of hydrogen-bond donors (Lipinski definition) is 1. The highest BCUT2D eigenvalue weighted by atomic mass is 35.5. The van der Waals surface area contributed by atoms with Crippen molar-refractivity contribution >= 4 is 29.2 Å². The van der Waals surface area contributed by atoms with Crippen LogP contribution in [-0.2, 0) is 6.18 Å². The maximum atomic E-state index is 12.7. The maximum absolute atomic E-state index is 12.7. The minimum Gasteiger partial charge on any atom is -0.422 e. The molecule has 0 aromatic heterocycles. The Labute approximate surface area is 168 Å². The van der Waals surface area contributed by atoms with Crippen molar-refractivity contribution in [3.63, 3.8) is 0 Å². The molecule has 3 aromatic carbocycles. The van der Waals surface area contributed by atoms with Gasteiger partial charge < -0.3 is 10.1 Å². The molecular formula is C21H13ClF3NO3. The fourth-order valence-electron chi connectivity index (χ4n) is 2.44. The molecule has 0 spiro atoms. The Morgan fingerprint density at radius 2 is 1.55 bits per heavy atom. The van der Waals surface area contributed by atoms with Crippen molar-refractivity contribution in [1.29, 1.82) is 0 Å². The van der Waals surface area contributed by atoms with Gasteiger partial charge in [-0.3, -0.25) is 4.79 Å². The van der Waals surface area contributed by atoms with Crippen molar-refractivity contribution in [2.45, 2.75) is 6.18 Å². The standard InChI is InChI=1S/C21H13ClF3NO3/c22-15-8-11-17(18(12-15)29-20(28)13-4-2-1-3-5-13)19(27)26-16-9-6-14(7-10-16)21(23,24)25/h1-12H,(H,26,27). The van der Waals surface area contributed by atoms with Crippen LogP contribution in [0.1, 0.15) is 26.3 Å². The molecule has 8 heteroatoms. The lowest BCUT2D eigenvalue weighted by Crippen LogP contribution is -2.16. The van der Waals surface area contributed by atoms with E-state index in [-0.39, 0.29) is 27.6 Å². The monoisotopic (exact) mass is 419 g/mol. The smallest absolute Gasteiger partial charge is 0.416 e. The second-order valence-corrected chi connectivity index (χ2v) is 6.36. The molecule has 148 valence electrons. The lowest BCUT2D eigenvalue weighted by molar-refractivity contribution is -0.137. The minimum absolute atomic E-state index is 0.00132. The average Bonchev–Trinajstić information content (AvgIpc) is 2.68. The zero-order valence-corrected chi connectivity index (χ0v) is 15.4. The minimum atomic E-state index is -4.47. The molecule has 0 heterocycles. The lowest BCUT2D eigenvalue weighted by Gasteiger charge is -2.12. The van der Waals surface area contributed by atoms with Crippen molar-refractivity contribution in [2.24, 2.45) is 0 Å². The van der Waals surface area contributed by atoms with E-state index >= 15 is 0 Å². The highest BCUT2D eigenvalue weighted by molar-refractivity contribution is 6.31. The molecule has 0 aliphatic carbocycles. The van der Waals surface area contributed by atoms with Gasteiger partial charge in [-0.05, 0) is 48.5 Å². The summed E-state index contributed by atoms with van der Waals surface area (Å²) in [7, 11) is 0. The molecule has 0 fully saturated rings. The predicted octanol–water partition coefficient (Wildman–Crippen LogP) is 5.83. The molecule has 0 saturated heterocycles. The van der Waals surface area contributed by atoms with Crippen LogP contribution >= 0.6 is 11.6 Å². The second kappa shape index (κ2) is 8.36. The summed E-state index contributed by atoms with van der Waals surface area (Å²) in [5.74, 6) is -1.43. The fourth-order valence-corrected chi connectivity index (χ4v) is 2.60. The van der Waals surface area contributed by atoms with Crippen molar-refractivity contribution in [3.8, 4) is 5.75 Å². The molecule has 0 bridgehead atoms. The summed E-state index contributed by atoms with van der Waals surface area (Å²) in [6, 6.07) is 16.2. The van der Waals surface area contributed by atoms with Gasteiger partial charge in [-0.1, -0.05) is 29.8 Å². The van der Waals surface area contributed by atoms with Gasteiger partial charge in [0.1, 0.15) is 5.75 Å². The molecule has 0 saturated carbocycles. The van der Waals surface area contributed by atoms with E-state index in [4.69, 9.17) is 16.3 Å². The Morgan fingerprint density at radius 1 is 0.897 bits per heavy atom. The van der Waals surface area contributed by atoms with Gasteiger partial charge in [0.05, 0.1) is 16.7 Å². The van der Waals surface area contributed by atoms with Crippen LogP contribution in [0.5, 0.6) is 5.75 Å². The molecule has 3 rings (SSSR count). The zero-order chi connectivity index (χ0) is 21.0. The van der Waals surface area contributed by atoms with E-state index in [1.807, 2.05) is 0 Å². The number of esters is 1. The molecule has 0 unspecified atom stereocenters. The van der Waals surface area contributed by atoms with E-state index in [1.165, 1.54) is 18.2 Å². The fraction of sp³-hybridized carbons (Fsp3) is 0.0476. The number of benzene rings is 3. The van der Waals surface area contributed by atoms with Crippen LogP contribution < -0.4 is 10.1 Å². The van der Waals surface area contributed by atoms with Gasteiger partial charge in [-0.15, -0.1) is 0 Å². The Morgan fingerprint density at radius 3 is 2.17 bits per heavy atom. The predicted molar refractivity (Wildman–Crippen MR) is 102 cm³/mol. The molecule has 0 aliphatic heterocycles. The van der Waals surface area contributed by atoms with Gasteiger partial charge in [0.15, 0.2) is 0 Å². The summed E-state index contributed by atoms with van der Waals surface area (Å²) < 4.78 is 43.3. The largest absolute Gasteiger partial charge is 0.422 e. The van der Waals surface area contributed by atoms with Gasteiger partial charge in [-0.25, -0.2) is 4.79 Å². The highest BCUT2D eigenvalue weighted by Crippen LogP contribution is 2.30. The molecule has 29 heavy (non-hydrogen) atoms. The van der Waals surface area contributed by atoms with E-state index in [1.54, 1.807) is 30.3 Å². The SMILES string of the molecule is O=C(Oc1cc(Cl)ccc1C(=O)Nc1ccc(C(F)(F)F)cc1)c1ccccc1. The number of amides is 1. The quantitative estimate of drug-likeness (QED) is 0.427. The van der Waals surface area contributed by atoms with E-state index < -0.39 is 23.6 Å². The van der Waals surface area contributed by atoms with Crippen LogP contribution in [0.25, 0.3) is 0 Å². The summed E-state index contributed by atoms with van der Waals surface area (Å²) in [5, 5.41) is 2.71. The average molecular weight is 420 g/mol. The Kier molecular flexibility index (Phi) is 5.89. The third kappa shape index (κ3) is 5.14. The van der Waals surface area contributed by atoms with Gasteiger partial charge >= 0.3 is 12.1 Å². The van der Waals surface area contributed by atoms with Gasteiger partial charge in [0, 0.05) is 16.8 Å². The van der Waals surface area contributed by atoms with Crippen LogP contribution in [0.4, 0.5) is 18.9 Å². The van der Waals surface area contributed by atoms with E-state index in [0.717, 1.165) is 24.3 Å². The number of hydrogen-bond acceptors (Lipinski definition) is 3. The molecular weight excluding hydrogens is 407 g/mol. The third-order valence-corrected chi connectivity index (χ3v) is 4.11. The molecule has 0 aliphatic rings. The lowest BCUT2D eigenvalue weighted by atomic mass is 10.1. The van der Waals surface area contributed by atoms with E-state index in [0.29, 0.717) is 0 Å². The molecule has 4 nitrogen and oxygen atoms in total. The number of carbonyl (C=O) groups excluding carboxylic acids is 2. The first-order valence-electron chi connectivity index (χ1n) is 8.29. The van der Waals surface area contributed by atoms with Crippen LogP contribution in [-0.4, -0.2) is 11.9 Å². The number of halogens is 4. The summed E-state index contributed by atoms with van der Waals surface area (Å²) >= 11 is 5.94. The van der Waals surface area contributed by atoms with Crippen molar-refractivity contribution in [1.82, 2.24) is 0 Å². The van der Waals surface area contributed by atoms with Crippen LogP contribution in [0.2, 0.25) is 5.02 Å². The second-order valence-electron chi connectivity index (χ2n) is 5.93. The van der Waals surface area contributed by atoms with Gasteiger partial charge in [0.2, 0.25) is 0 Å². The molecule has 1 N–H and O–H groups in total. The van der Waals surface area contributed by atoms with Crippen molar-refractivity contribution in [2.75, 3.05) is 5.32 Å². The van der Waals surface area contributed by atoms with Crippen molar-refractivity contribution in [3.05, 3.63) is 94.5 Å². The molecule has 1 amide bonds. The molecule has 0 atom stereocenters. The topological polar surface area (TPSA) is 55.4 Å². The van der Waals surface area contributed by atoms with E-state index in [2.05, 4.69) is 5.32 Å². The summed E-state index contributed by atoms with van der Waals surface area (Å²) in [5.41, 5.74) is -0.405. The molecule has 0 radical (unpaired) electrons. The number of ether oxygens (including phenoxy) is 1. The first-order chi connectivity index (χ1) is 13.7. The van der Waals surface area contributed by atoms with Gasteiger partial charge in [-0.2, -0.15) is 13.2 Å². The van der Waals surface area contributed by atoms with Crippen molar-refractivity contribution < 1.29 is 27.5 Å². The van der Waals surface area contributed by atoms with Crippen LogP contribution in [0, 0.1) is 0 Å². The number of nitrogens with one attached hydrogen (secondary N) is 1. The molecule has 3 aromatic rings. The first-order valence-corrected chi connectivity index (χ1v) is 8.67. The third-order valence-electron chi connectivity index (χ3n) is 3.87. The van der Waals surface area contributed by atoms with Crippen LogP contribution in [0.15, 0.2) is 72.8 Å². The number of carbonyl (C=O) groups is 2. The van der Waals surface area contributed by atoms with Gasteiger partial charge in [0.25, 0.3) is 5.91 Å². The highest BCUT2D eigenvalue weighted by Gasteiger charge is 2.30. The Balaban J connectivity index is 1.81. The summed E-state index contributed by atoms with van der Waals surface area (Å²) in [4.78, 5) is 24.9. The number of rotatable bonds is 4. The van der Waals surface area contributed by atoms with E-state index in [9.17, 15) is 22.8 Å². The normalized spacial score (nSPS) is 11.0. The first kappa shape index (κ1) is 20.4.